The lowest BCUT2D eigenvalue weighted by Crippen LogP contribution is -2.40. The Balaban J connectivity index is 2.10. The van der Waals surface area contributed by atoms with Crippen molar-refractivity contribution in [3.8, 4) is 6.07 Å². The molecule has 2 amide bonds. The van der Waals surface area contributed by atoms with E-state index < -0.39 is 11.5 Å². The molecule has 1 aliphatic rings. The first kappa shape index (κ1) is 20.8. The van der Waals surface area contributed by atoms with E-state index in [1.165, 1.54) is 16.6 Å². The number of nitriles is 1. The molecule has 0 aliphatic carbocycles. The minimum absolute atomic E-state index is 0.140. The summed E-state index contributed by atoms with van der Waals surface area (Å²) in [7, 11) is 0. The van der Waals surface area contributed by atoms with E-state index in [-0.39, 0.29) is 29.5 Å². The standard InChI is InChI=1S/C21H22N6O3/c1-2-8-24-20(29)15(13-22)12-16-19(26-10-6-14(7-11-26)18(23)28)25-17-5-3-4-9-27(17)21(16)30/h2-5,9,12,14H,1,6-8,10-11H2,(H2,23,28)(H,24,29)/b15-12+. The van der Waals surface area contributed by atoms with Crippen LogP contribution in [0.3, 0.4) is 0 Å². The molecule has 1 fully saturated rings. The molecule has 1 saturated heterocycles. The zero-order valence-electron chi connectivity index (χ0n) is 16.4. The van der Waals surface area contributed by atoms with Crippen LogP contribution in [0.25, 0.3) is 11.7 Å². The molecular formula is C21H22N6O3. The largest absolute Gasteiger partial charge is 0.369 e. The van der Waals surface area contributed by atoms with Gasteiger partial charge in [0.25, 0.3) is 11.5 Å². The number of rotatable bonds is 6. The second-order valence-corrected chi connectivity index (χ2v) is 6.92. The van der Waals surface area contributed by atoms with Gasteiger partial charge in [-0.25, -0.2) is 4.98 Å². The van der Waals surface area contributed by atoms with Gasteiger partial charge in [-0.3, -0.25) is 18.8 Å². The number of nitrogens with zero attached hydrogens (tertiary/aromatic N) is 4. The monoisotopic (exact) mass is 406 g/mol. The smallest absolute Gasteiger partial charge is 0.267 e. The number of primary amides is 1. The van der Waals surface area contributed by atoms with Gasteiger partial charge < -0.3 is 16.0 Å². The van der Waals surface area contributed by atoms with Gasteiger partial charge in [0.15, 0.2) is 0 Å². The predicted octanol–water partition coefficient (Wildman–Crippen LogP) is 0.605. The van der Waals surface area contributed by atoms with Gasteiger partial charge in [0.1, 0.15) is 23.1 Å². The summed E-state index contributed by atoms with van der Waals surface area (Å²) in [5.74, 6) is -0.792. The summed E-state index contributed by atoms with van der Waals surface area (Å²) in [5, 5.41) is 12.0. The Labute approximate surface area is 173 Å². The first-order valence-electron chi connectivity index (χ1n) is 9.52. The van der Waals surface area contributed by atoms with Gasteiger partial charge in [-0.2, -0.15) is 5.26 Å². The summed E-state index contributed by atoms with van der Waals surface area (Å²) in [6.07, 6.45) is 5.42. The molecule has 1 aliphatic heterocycles. The number of fused-ring (bicyclic) bond motifs is 1. The van der Waals surface area contributed by atoms with E-state index in [9.17, 15) is 19.6 Å². The van der Waals surface area contributed by atoms with Crippen molar-refractivity contribution in [3.05, 3.63) is 58.5 Å². The number of aromatic nitrogens is 2. The van der Waals surface area contributed by atoms with Crippen LogP contribution in [0.4, 0.5) is 5.82 Å². The van der Waals surface area contributed by atoms with Crippen LogP contribution in [-0.4, -0.2) is 40.8 Å². The third kappa shape index (κ3) is 4.22. The molecule has 2 aromatic rings. The summed E-state index contributed by atoms with van der Waals surface area (Å²) < 4.78 is 1.36. The van der Waals surface area contributed by atoms with Gasteiger partial charge in [0, 0.05) is 31.7 Å². The number of hydrogen-bond donors (Lipinski definition) is 2. The lowest BCUT2D eigenvalue weighted by Gasteiger charge is -2.32. The number of amides is 2. The highest BCUT2D eigenvalue weighted by atomic mass is 16.2. The molecule has 9 nitrogen and oxygen atoms in total. The Morgan fingerprint density at radius 1 is 1.37 bits per heavy atom. The van der Waals surface area contributed by atoms with Crippen molar-refractivity contribution in [2.24, 2.45) is 11.7 Å². The van der Waals surface area contributed by atoms with Gasteiger partial charge in [-0.05, 0) is 31.1 Å². The molecule has 0 saturated carbocycles. The van der Waals surface area contributed by atoms with Gasteiger partial charge in [-0.15, -0.1) is 6.58 Å². The maximum absolute atomic E-state index is 13.2. The van der Waals surface area contributed by atoms with Gasteiger partial charge in [-0.1, -0.05) is 12.1 Å². The minimum Gasteiger partial charge on any atom is -0.369 e. The third-order valence-electron chi connectivity index (χ3n) is 5.01. The van der Waals surface area contributed by atoms with Crippen LogP contribution in [0.5, 0.6) is 0 Å². The van der Waals surface area contributed by atoms with Crippen LogP contribution in [0, 0.1) is 17.2 Å². The van der Waals surface area contributed by atoms with Crippen LogP contribution in [0.1, 0.15) is 18.4 Å². The molecule has 3 rings (SSSR count). The first-order valence-corrected chi connectivity index (χ1v) is 9.52. The van der Waals surface area contributed by atoms with E-state index in [1.807, 2.05) is 11.0 Å². The molecule has 0 atom stereocenters. The number of anilines is 1. The Hall–Kier alpha value is -3.93. The average molecular weight is 406 g/mol. The highest BCUT2D eigenvalue weighted by Crippen LogP contribution is 2.25. The fourth-order valence-corrected chi connectivity index (χ4v) is 3.39. The molecule has 3 heterocycles. The second kappa shape index (κ2) is 9.05. The van der Waals surface area contributed by atoms with E-state index in [1.54, 1.807) is 24.4 Å². The molecule has 2 aromatic heterocycles. The van der Waals surface area contributed by atoms with Gasteiger partial charge in [0.2, 0.25) is 5.91 Å². The highest BCUT2D eigenvalue weighted by molar-refractivity contribution is 6.02. The van der Waals surface area contributed by atoms with Crippen LogP contribution in [0.2, 0.25) is 0 Å². The molecule has 0 radical (unpaired) electrons. The highest BCUT2D eigenvalue weighted by Gasteiger charge is 2.26. The molecule has 3 N–H and O–H groups in total. The van der Waals surface area contributed by atoms with Crippen LogP contribution < -0.4 is 21.5 Å². The molecule has 30 heavy (non-hydrogen) atoms. The van der Waals surface area contributed by atoms with Crippen molar-refractivity contribution in [1.29, 1.82) is 5.26 Å². The normalized spacial score (nSPS) is 14.9. The summed E-state index contributed by atoms with van der Waals surface area (Å²) in [4.78, 5) is 43.4. The topological polar surface area (TPSA) is 134 Å². The summed E-state index contributed by atoms with van der Waals surface area (Å²) >= 11 is 0. The van der Waals surface area contributed by atoms with Gasteiger partial charge in [0.05, 0.1) is 5.56 Å². The summed E-state index contributed by atoms with van der Waals surface area (Å²) in [6, 6.07) is 7.02. The van der Waals surface area contributed by atoms with E-state index in [0.29, 0.717) is 37.4 Å². The quantitative estimate of drug-likeness (QED) is 0.410. The molecule has 154 valence electrons. The lowest BCUT2D eigenvalue weighted by atomic mass is 9.96. The first-order chi connectivity index (χ1) is 14.5. The third-order valence-corrected chi connectivity index (χ3v) is 5.01. The zero-order valence-corrected chi connectivity index (χ0v) is 16.4. The average Bonchev–Trinajstić information content (AvgIpc) is 2.77. The van der Waals surface area contributed by atoms with E-state index in [0.717, 1.165) is 0 Å². The molecule has 0 aromatic carbocycles. The zero-order chi connectivity index (χ0) is 21.7. The summed E-state index contributed by atoms with van der Waals surface area (Å²) in [6.45, 7) is 4.68. The Morgan fingerprint density at radius 2 is 2.10 bits per heavy atom. The maximum atomic E-state index is 13.2. The second-order valence-electron chi connectivity index (χ2n) is 6.92. The molecule has 9 heteroatoms. The van der Waals surface area contributed by atoms with Crippen molar-refractivity contribution < 1.29 is 9.59 Å². The van der Waals surface area contributed by atoms with Crippen LogP contribution in [-0.2, 0) is 9.59 Å². The van der Waals surface area contributed by atoms with E-state index in [2.05, 4.69) is 16.9 Å². The lowest BCUT2D eigenvalue weighted by molar-refractivity contribution is -0.122. The fraction of sp³-hybridized carbons (Fsp3) is 0.286. The fourth-order valence-electron chi connectivity index (χ4n) is 3.39. The number of hydrogen-bond acceptors (Lipinski definition) is 6. The molecular weight excluding hydrogens is 384 g/mol. The van der Waals surface area contributed by atoms with Crippen molar-refractivity contribution in [3.63, 3.8) is 0 Å². The number of piperidine rings is 1. The van der Waals surface area contributed by atoms with E-state index >= 15 is 0 Å². The Kier molecular flexibility index (Phi) is 6.27. The van der Waals surface area contributed by atoms with Crippen molar-refractivity contribution in [2.75, 3.05) is 24.5 Å². The van der Waals surface area contributed by atoms with Crippen molar-refractivity contribution in [2.45, 2.75) is 12.8 Å². The Bertz CT molecular complexity index is 1120. The van der Waals surface area contributed by atoms with E-state index in [4.69, 9.17) is 5.73 Å². The van der Waals surface area contributed by atoms with Crippen LogP contribution >= 0.6 is 0 Å². The molecule has 0 spiro atoms. The van der Waals surface area contributed by atoms with Crippen LogP contribution in [0.15, 0.2) is 47.4 Å². The summed E-state index contributed by atoms with van der Waals surface area (Å²) in [5.41, 5.74) is 5.40. The number of carbonyl (C=O) groups is 2. The molecule has 0 unspecified atom stereocenters. The predicted molar refractivity (Wildman–Crippen MR) is 112 cm³/mol. The van der Waals surface area contributed by atoms with Crippen molar-refractivity contribution >= 4 is 29.4 Å². The molecule has 0 bridgehead atoms. The van der Waals surface area contributed by atoms with Crippen molar-refractivity contribution in [1.82, 2.24) is 14.7 Å². The number of pyridine rings is 1. The SMILES string of the molecule is C=CCNC(=O)/C(C#N)=C/c1c(N2CCC(C(N)=O)CC2)nc2ccccn2c1=O. The minimum atomic E-state index is -0.603. The number of nitrogens with one attached hydrogen (secondary N) is 1. The number of nitrogens with two attached hydrogens (primary N) is 1. The maximum Gasteiger partial charge on any atom is 0.267 e. The Morgan fingerprint density at radius 3 is 2.73 bits per heavy atom. The number of carbonyl (C=O) groups excluding carboxylic acids is 2. The van der Waals surface area contributed by atoms with Gasteiger partial charge >= 0.3 is 0 Å².